The van der Waals surface area contributed by atoms with E-state index in [4.69, 9.17) is 10.5 Å². The van der Waals surface area contributed by atoms with Crippen molar-refractivity contribution in [3.63, 3.8) is 0 Å². The molecule has 0 saturated heterocycles. The van der Waals surface area contributed by atoms with Crippen LogP contribution in [0.1, 0.15) is 5.56 Å². The number of methoxy groups -OCH3 is 1. The molecule has 0 atom stereocenters. The lowest BCUT2D eigenvalue weighted by molar-refractivity contribution is 0.412. The Kier molecular flexibility index (Phi) is 4.14. The van der Waals surface area contributed by atoms with E-state index in [9.17, 15) is 4.39 Å². The fraction of sp³-hybridized carbons (Fsp3) is 0.143. The Bertz CT molecular complexity index is 617. The van der Waals surface area contributed by atoms with Crippen LogP contribution in [0.2, 0.25) is 0 Å². The van der Waals surface area contributed by atoms with E-state index in [1.54, 1.807) is 13.2 Å². The average molecular weight is 372 g/mol. The molecule has 0 aliphatic carbocycles. The van der Waals surface area contributed by atoms with Crippen molar-refractivity contribution in [3.8, 4) is 5.75 Å². The van der Waals surface area contributed by atoms with Gasteiger partial charge in [-0.1, -0.05) is 0 Å². The molecule has 100 valence electrons. The first-order valence-electron chi connectivity index (χ1n) is 5.67. The number of hydrogen-bond donors (Lipinski definition) is 2. The molecule has 2 aromatic rings. The van der Waals surface area contributed by atoms with E-state index in [1.165, 1.54) is 6.07 Å². The molecular weight excluding hydrogens is 358 g/mol. The number of benzene rings is 2. The van der Waals surface area contributed by atoms with Crippen LogP contribution in [-0.2, 0) is 0 Å². The molecule has 3 N–H and O–H groups in total. The number of hydrogen-bond acceptors (Lipinski definition) is 3. The van der Waals surface area contributed by atoms with Gasteiger partial charge in [-0.05, 0) is 59.3 Å². The first-order valence-corrected chi connectivity index (χ1v) is 6.75. The van der Waals surface area contributed by atoms with Gasteiger partial charge in [0.15, 0.2) is 0 Å². The van der Waals surface area contributed by atoms with E-state index >= 15 is 0 Å². The van der Waals surface area contributed by atoms with Crippen molar-refractivity contribution in [2.24, 2.45) is 0 Å². The zero-order valence-corrected chi connectivity index (χ0v) is 12.8. The van der Waals surface area contributed by atoms with Gasteiger partial charge in [-0.15, -0.1) is 0 Å². The third-order valence-corrected chi connectivity index (χ3v) is 3.59. The summed E-state index contributed by atoms with van der Waals surface area (Å²) in [6, 6.07) is 8.65. The van der Waals surface area contributed by atoms with Crippen molar-refractivity contribution in [1.82, 2.24) is 0 Å². The molecule has 0 bridgehead atoms. The molecule has 5 heteroatoms. The van der Waals surface area contributed by atoms with Gasteiger partial charge in [0.25, 0.3) is 0 Å². The number of aryl methyl sites for hydroxylation is 1. The maximum Gasteiger partial charge on any atom is 0.138 e. The van der Waals surface area contributed by atoms with E-state index in [0.29, 0.717) is 14.9 Å². The van der Waals surface area contributed by atoms with Gasteiger partial charge in [-0.3, -0.25) is 0 Å². The monoisotopic (exact) mass is 372 g/mol. The minimum absolute atomic E-state index is 0.289. The summed E-state index contributed by atoms with van der Waals surface area (Å²) >= 11 is 1.91. The molecule has 3 nitrogen and oxygen atoms in total. The van der Waals surface area contributed by atoms with Crippen molar-refractivity contribution in [2.75, 3.05) is 18.2 Å². The number of halogens is 2. The van der Waals surface area contributed by atoms with Crippen LogP contribution in [0, 0.1) is 16.3 Å². The van der Waals surface area contributed by atoms with E-state index in [1.807, 2.05) is 47.7 Å². The van der Waals surface area contributed by atoms with Crippen LogP contribution in [-0.4, -0.2) is 7.11 Å². The van der Waals surface area contributed by atoms with Crippen molar-refractivity contribution >= 4 is 39.7 Å². The van der Waals surface area contributed by atoms with E-state index < -0.39 is 0 Å². The van der Waals surface area contributed by atoms with Crippen LogP contribution in [0.25, 0.3) is 0 Å². The normalized spacial score (nSPS) is 10.3. The Morgan fingerprint density at radius 3 is 2.63 bits per heavy atom. The lowest BCUT2D eigenvalue weighted by Gasteiger charge is -2.12. The Labute approximate surface area is 125 Å². The molecule has 19 heavy (non-hydrogen) atoms. The highest BCUT2D eigenvalue weighted by atomic mass is 127. The van der Waals surface area contributed by atoms with Crippen LogP contribution in [0.15, 0.2) is 30.3 Å². The third-order valence-electron chi connectivity index (χ3n) is 2.77. The summed E-state index contributed by atoms with van der Waals surface area (Å²) in [5, 5.41) is 3.11. The lowest BCUT2D eigenvalue weighted by Crippen LogP contribution is -1.99. The molecule has 0 aliphatic heterocycles. The van der Waals surface area contributed by atoms with Gasteiger partial charge in [-0.25, -0.2) is 4.39 Å². The van der Waals surface area contributed by atoms with Gasteiger partial charge in [0.1, 0.15) is 11.6 Å². The molecule has 0 radical (unpaired) electrons. The van der Waals surface area contributed by atoms with Crippen LogP contribution >= 0.6 is 22.6 Å². The van der Waals surface area contributed by atoms with Gasteiger partial charge in [0, 0.05) is 11.8 Å². The van der Waals surface area contributed by atoms with Gasteiger partial charge < -0.3 is 15.8 Å². The highest BCUT2D eigenvalue weighted by Gasteiger charge is 2.07. The first kappa shape index (κ1) is 13.9. The Balaban J connectivity index is 2.31. The zero-order chi connectivity index (χ0) is 14.0. The summed E-state index contributed by atoms with van der Waals surface area (Å²) in [6.45, 7) is 1.95. The van der Waals surface area contributed by atoms with Crippen molar-refractivity contribution in [3.05, 3.63) is 45.3 Å². The SMILES string of the molecule is COc1ccc(Nc2cc(F)c(I)cc2N)cc1C. The average Bonchev–Trinajstić information content (AvgIpc) is 2.36. The predicted octanol–water partition coefficient (Wildman–Crippen LogP) is 4.07. The summed E-state index contributed by atoms with van der Waals surface area (Å²) in [6.07, 6.45) is 0. The second-order valence-electron chi connectivity index (χ2n) is 4.16. The Hall–Kier alpha value is -1.50. The van der Waals surface area contributed by atoms with E-state index in [0.717, 1.165) is 17.0 Å². The molecule has 0 saturated carbocycles. The summed E-state index contributed by atoms with van der Waals surface area (Å²) in [4.78, 5) is 0. The maximum atomic E-state index is 13.5. The number of nitrogens with one attached hydrogen (secondary N) is 1. The molecule has 0 spiro atoms. The van der Waals surface area contributed by atoms with Crippen molar-refractivity contribution < 1.29 is 9.13 Å². The molecule has 0 unspecified atom stereocenters. The molecule has 0 fully saturated rings. The first-order chi connectivity index (χ1) is 9.01. The van der Waals surface area contributed by atoms with Crippen molar-refractivity contribution in [2.45, 2.75) is 6.92 Å². The lowest BCUT2D eigenvalue weighted by atomic mass is 10.2. The highest BCUT2D eigenvalue weighted by molar-refractivity contribution is 14.1. The van der Waals surface area contributed by atoms with Crippen molar-refractivity contribution in [1.29, 1.82) is 0 Å². The number of rotatable bonds is 3. The molecule has 0 aromatic heterocycles. The van der Waals surface area contributed by atoms with Crippen LogP contribution in [0.5, 0.6) is 5.75 Å². The fourth-order valence-electron chi connectivity index (χ4n) is 1.78. The molecule has 2 rings (SSSR count). The largest absolute Gasteiger partial charge is 0.496 e. The summed E-state index contributed by atoms with van der Waals surface area (Å²) < 4.78 is 19.2. The van der Waals surface area contributed by atoms with E-state index in [2.05, 4.69) is 5.32 Å². The Morgan fingerprint density at radius 1 is 1.26 bits per heavy atom. The molecule has 2 aromatic carbocycles. The predicted molar refractivity (Wildman–Crippen MR) is 84.5 cm³/mol. The zero-order valence-electron chi connectivity index (χ0n) is 10.6. The van der Waals surface area contributed by atoms with Crippen LogP contribution < -0.4 is 15.8 Å². The minimum Gasteiger partial charge on any atom is -0.496 e. The van der Waals surface area contributed by atoms with Gasteiger partial charge >= 0.3 is 0 Å². The van der Waals surface area contributed by atoms with E-state index in [-0.39, 0.29) is 5.82 Å². The second-order valence-corrected chi connectivity index (χ2v) is 5.33. The summed E-state index contributed by atoms with van der Waals surface area (Å²) in [5.74, 6) is 0.523. The number of anilines is 3. The summed E-state index contributed by atoms with van der Waals surface area (Å²) in [7, 11) is 1.63. The minimum atomic E-state index is -0.289. The van der Waals surface area contributed by atoms with Gasteiger partial charge in [-0.2, -0.15) is 0 Å². The van der Waals surface area contributed by atoms with Crippen LogP contribution in [0.4, 0.5) is 21.5 Å². The molecule has 0 amide bonds. The molecular formula is C14H14FIN2O. The second kappa shape index (κ2) is 5.64. The number of nitrogen functional groups attached to an aromatic ring is 1. The quantitative estimate of drug-likeness (QED) is 0.631. The maximum absolute atomic E-state index is 13.5. The standard InChI is InChI=1S/C14H14FIN2O/c1-8-5-9(3-4-14(8)19-2)18-13-6-10(15)11(16)7-12(13)17/h3-7,18H,17H2,1-2H3. The Morgan fingerprint density at radius 2 is 2.00 bits per heavy atom. The molecule has 0 aliphatic rings. The topological polar surface area (TPSA) is 47.3 Å². The third kappa shape index (κ3) is 3.09. The number of ether oxygens (including phenoxy) is 1. The van der Waals surface area contributed by atoms with Gasteiger partial charge in [0.05, 0.1) is 22.1 Å². The highest BCUT2D eigenvalue weighted by Crippen LogP contribution is 2.29. The molecule has 0 heterocycles. The summed E-state index contributed by atoms with van der Waals surface area (Å²) in [5.41, 5.74) is 8.78. The van der Waals surface area contributed by atoms with Crippen LogP contribution in [0.3, 0.4) is 0 Å². The smallest absolute Gasteiger partial charge is 0.138 e. The number of nitrogens with two attached hydrogens (primary N) is 1. The fourth-order valence-corrected chi connectivity index (χ4v) is 2.27. The van der Waals surface area contributed by atoms with Gasteiger partial charge in [0.2, 0.25) is 0 Å².